The van der Waals surface area contributed by atoms with Crippen LogP contribution in [-0.2, 0) is 22.7 Å². The number of hydrogen-bond donors (Lipinski definition) is 1. The second kappa shape index (κ2) is 5.37. The molecule has 2 N–H and O–H groups in total. The third-order valence-corrected chi connectivity index (χ3v) is 4.50. The third-order valence-electron chi connectivity index (χ3n) is 4.50. The molecule has 3 rings (SSSR count). The SMILES string of the molecule is NCc1cccc(CN2C(=O)C3CCCCC3C2=O)c1. The summed E-state index contributed by atoms with van der Waals surface area (Å²) in [6, 6.07) is 7.80. The maximum atomic E-state index is 12.4. The summed E-state index contributed by atoms with van der Waals surface area (Å²) >= 11 is 0. The molecule has 2 atom stereocenters. The molecule has 2 aliphatic rings. The van der Waals surface area contributed by atoms with Gasteiger partial charge in [0.25, 0.3) is 0 Å². The van der Waals surface area contributed by atoms with E-state index in [0.29, 0.717) is 13.1 Å². The summed E-state index contributed by atoms with van der Waals surface area (Å²) in [5.74, 6) is -0.0708. The van der Waals surface area contributed by atoms with E-state index in [4.69, 9.17) is 5.73 Å². The molecule has 2 amide bonds. The van der Waals surface area contributed by atoms with Crippen LogP contribution in [0.5, 0.6) is 0 Å². The summed E-state index contributed by atoms with van der Waals surface area (Å²) in [6.07, 6.45) is 3.87. The number of amides is 2. The fourth-order valence-corrected chi connectivity index (χ4v) is 3.42. The van der Waals surface area contributed by atoms with Crippen LogP contribution in [0.4, 0.5) is 0 Å². The van der Waals surface area contributed by atoms with Gasteiger partial charge in [0.1, 0.15) is 0 Å². The minimum absolute atomic E-state index is 0.0258. The summed E-state index contributed by atoms with van der Waals surface area (Å²) < 4.78 is 0. The zero-order valence-corrected chi connectivity index (χ0v) is 11.5. The second-order valence-corrected chi connectivity index (χ2v) is 5.78. The average Bonchev–Trinajstić information content (AvgIpc) is 2.73. The van der Waals surface area contributed by atoms with E-state index in [9.17, 15) is 9.59 Å². The zero-order chi connectivity index (χ0) is 14.1. The summed E-state index contributed by atoms with van der Waals surface area (Å²) in [6.45, 7) is 0.861. The van der Waals surface area contributed by atoms with E-state index >= 15 is 0 Å². The van der Waals surface area contributed by atoms with Gasteiger partial charge >= 0.3 is 0 Å². The number of hydrogen-bond acceptors (Lipinski definition) is 3. The van der Waals surface area contributed by atoms with Crippen molar-refractivity contribution in [2.75, 3.05) is 0 Å². The van der Waals surface area contributed by atoms with Crippen LogP contribution in [0.25, 0.3) is 0 Å². The Balaban J connectivity index is 1.79. The number of carbonyl (C=O) groups excluding carboxylic acids is 2. The van der Waals surface area contributed by atoms with Crippen molar-refractivity contribution >= 4 is 11.8 Å². The standard InChI is InChI=1S/C16H20N2O2/c17-9-11-4-3-5-12(8-11)10-18-15(19)13-6-1-2-7-14(13)16(18)20/h3-5,8,13-14H,1-2,6-7,9-10,17H2. The molecule has 106 valence electrons. The Kier molecular flexibility index (Phi) is 3.57. The molecule has 0 bridgehead atoms. The largest absolute Gasteiger partial charge is 0.326 e. The number of nitrogens with two attached hydrogens (primary N) is 1. The van der Waals surface area contributed by atoms with Crippen molar-refractivity contribution in [1.29, 1.82) is 0 Å². The molecule has 2 unspecified atom stereocenters. The predicted molar refractivity (Wildman–Crippen MR) is 75.3 cm³/mol. The zero-order valence-electron chi connectivity index (χ0n) is 11.5. The van der Waals surface area contributed by atoms with Gasteiger partial charge in [-0.15, -0.1) is 0 Å². The van der Waals surface area contributed by atoms with Crippen molar-refractivity contribution in [2.45, 2.75) is 38.8 Å². The first kappa shape index (κ1) is 13.3. The molecule has 20 heavy (non-hydrogen) atoms. The van der Waals surface area contributed by atoms with E-state index in [1.54, 1.807) is 0 Å². The Morgan fingerprint density at radius 2 is 1.65 bits per heavy atom. The lowest BCUT2D eigenvalue weighted by Gasteiger charge is -2.19. The highest BCUT2D eigenvalue weighted by Crippen LogP contribution is 2.38. The van der Waals surface area contributed by atoms with Crippen LogP contribution in [0.15, 0.2) is 24.3 Å². The highest BCUT2D eigenvalue weighted by Gasteiger charge is 2.47. The van der Waals surface area contributed by atoms with Gasteiger partial charge in [-0.05, 0) is 24.0 Å². The van der Waals surface area contributed by atoms with Crippen LogP contribution in [0.3, 0.4) is 0 Å². The van der Waals surface area contributed by atoms with Gasteiger partial charge in [0, 0.05) is 6.54 Å². The molecular weight excluding hydrogens is 252 g/mol. The van der Waals surface area contributed by atoms with E-state index in [1.165, 1.54) is 4.90 Å². The lowest BCUT2D eigenvalue weighted by atomic mass is 9.81. The normalized spacial score (nSPS) is 25.9. The first-order valence-electron chi connectivity index (χ1n) is 7.34. The van der Waals surface area contributed by atoms with Gasteiger partial charge in [-0.25, -0.2) is 0 Å². The van der Waals surface area contributed by atoms with Crippen LogP contribution in [0.2, 0.25) is 0 Å². The summed E-state index contributed by atoms with van der Waals surface area (Å²) in [5, 5.41) is 0. The van der Waals surface area contributed by atoms with Crippen LogP contribution in [-0.4, -0.2) is 16.7 Å². The summed E-state index contributed by atoms with van der Waals surface area (Å²) in [5.41, 5.74) is 7.64. The number of benzene rings is 1. The molecule has 1 saturated heterocycles. The molecule has 0 spiro atoms. The molecule has 1 heterocycles. The Morgan fingerprint density at radius 1 is 1.05 bits per heavy atom. The van der Waals surface area contributed by atoms with Gasteiger partial charge in [0.15, 0.2) is 0 Å². The van der Waals surface area contributed by atoms with Crippen LogP contribution in [0.1, 0.15) is 36.8 Å². The number of fused-ring (bicyclic) bond motifs is 1. The van der Waals surface area contributed by atoms with Crippen molar-refractivity contribution in [3.05, 3.63) is 35.4 Å². The van der Waals surface area contributed by atoms with Crippen LogP contribution < -0.4 is 5.73 Å². The van der Waals surface area contributed by atoms with Gasteiger partial charge in [-0.3, -0.25) is 14.5 Å². The first-order valence-corrected chi connectivity index (χ1v) is 7.34. The Bertz CT molecular complexity index is 517. The number of likely N-dealkylation sites (tertiary alicyclic amines) is 1. The quantitative estimate of drug-likeness (QED) is 0.854. The molecule has 1 aliphatic carbocycles. The van der Waals surface area contributed by atoms with Crippen molar-refractivity contribution in [2.24, 2.45) is 17.6 Å². The maximum absolute atomic E-state index is 12.4. The molecule has 1 aromatic carbocycles. The lowest BCUT2D eigenvalue weighted by molar-refractivity contribution is -0.140. The fraction of sp³-hybridized carbons (Fsp3) is 0.500. The van der Waals surface area contributed by atoms with Crippen molar-refractivity contribution < 1.29 is 9.59 Å². The summed E-state index contributed by atoms with van der Waals surface area (Å²) in [4.78, 5) is 26.2. The first-order chi connectivity index (χ1) is 9.70. The molecule has 1 aromatic rings. The number of carbonyl (C=O) groups is 2. The van der Waals surface area contributed by atoms with Gasteiger partial charge in [-0.1, -0.05) is 37.1 Å². The molecule has 0 aromatic heterocycles. The van der Waals surface area contributed by atoms with E-state index < -0.39 is 0 Å². The van der Waals surface area contributed by atoms with Crippen molar-refractivity contribution in [1.82, 2.24) is 4.90 Å². The smallest absolute Gasteiger partial charge is 0.233 e. The molecule has 4 nitrogen and oxygen atoms in total. The lowest BCUT2D eigenvalue weighted by Crippen LogP contribution is -2.30. The molecule has 2 fully saturated rings. The second-order valence-electron chi connectivity index (χ2n) is 5.78. The Labute approximate surface area is 118 Å². The summed E-state index contributed by atoms with van der Waals surface area (Å²) in [7, 11) is 0. The average molecular weight is 272 g/mol. The van der Waals surface area contributed by atoms with Crippen molar-refractivity contribution in [3.8, 4) is 0 Å². The molecule has 1 saturated carbocycles. The van der Waals surface area contributed by atoms with Gasteiger partial charge in [0.2, 0.25) is 11.8 Å². The minimum Gasteiger partial charge on any atom is -0.326 e. The number of nitrogens with zero attached hydrogens (tertiary/aromatic N) is 1. The van der Waals surface area contributed by atoms with E-state index in [2.05, 4.69) is 0 Å². The minimum atomic E-state index is -0.0612. The highest BCUT2D eigenvalue weighted by atomic mass is 16.2. The molecule has 1 aliphatic heterocycles. The third kappa shape index (κ3) is 2.24. The van der Waals surface area contributed by atoms with E-state index in [0.717, 1.165) is 36.8 Å². The van der Waals surface area contributed by atoms with Crippen LogP contribution >= 0.6 is 0 Å². The van der Waals surface area contributed by atoms with Crippen LogP contribution in [0, 0.1) is 11.8 Å². The molecule has 0 radical (unpaired) electrons. The number of rotatable bonds is 3. The van der Waals surface area contributed by atoms with Gasteiger partial charge in [-0.2, -0.15) is 0 Å². The monoisotopic (exact) mass is 272 g/mol. The molecule has 4 heteroatoms. The highest BCUT2D eigenvalue weighted by molar-refractivity contribution is 6.05. The van der Waals surface area contributed by atoms with Gasteiger partial charge in [0.05, 0.1) is 18.4 Å². The Morgan fingerprint density at radius 3 is 2.25 bits per heavy atom. The van der Waals surface area contributed by atoms with Gasteiger partial charge < -0.3 is 5.73 Å². The Hall–Kier alpha value is -1.68. The van der Waals surface area contributed by atoms with Crippen molar-refractivity contribution in [3.63, 3.8) is 0 Å². The topological polar surface area (TPSA) is 63.4 Å². The number of imide groups is 1. The van der Waals surface area contributed by atoms with E-state index in [1.807, 2.05) is 24.3 Å². The molecular formula is C16H20N2O2. The maximum Gasteiger partial charge on any atom is 0.233 e. The predicted octanol–water partition coefficient (Wildman–Crippen LogP) is 1.82. The van der Waals surface area contributed by atoms with E-state index in [-0.39, 0.29) is 23.7 Å². The fourth-order valence-electron chi connectivity index (χ4n) is 3.42.